The lowest BCUT2D eigenvalue weighted by molar-refractivity contribution is 0.0913. The zero-order chi connectivity index (χ0) is 18.5. The van der Waals surface area contributed by atoms with Crippen LogP contribution >= 0.6 is 11.3 Å². The maximum Gasteiger partial charge on any atom is 0.251 e. The number of carbonyl (C=O) groups is 2. The van der Waals surface area contributed by atoms with Crippen molar-refractivity contribution in [2.75, 3.05) is 19.6 Å². The average Bonchev–Trinajstić information content (AvgIpc) is 3.17. The van der Waals surface area contributed by atoms with Crippen molar-refractivity contribution in [3.8, 4) is 0 Å². The molecule has 1 aliphatic rings. The SMILES string of the molecule is CC1CCN(C(CNC(=O)c2ccc(C(N)=O)cc2)c2cccs2)CC1. The number of carbonyl (C=O) groups excluding carboxylic acids is 2. The Morgan fingerprint density at radius 2 is 1.85 bits per heavy atom. The highest BCUT2D eigenvalue weighted by atomic mass is 32.1. The molecule has 0 spiro atoms. The zero-order valence-electron chi connectivity index (χ0n) is 15.0. The summed E-state index contributed by atoms with van der Waals surface area (Å²) in [6.45, 7) is 5.00. The van der Waals surface area contributed by atoms with Gasteiger partial charge in [0.1, 0.15) is 0 Å². The van der Waals surface area contributed by atoms with E-state index in [1.165, 1.54) is 17.7 Å². The third-order valence-corrected chi connectivity index (χ3v) is 5.99. The molecule has 1 aromatic heterocycles. The number of hydrogen-bond acceptors (Lipinski definition) is 4. The molecule has 0 aliphatic carbocycles. The molecular weight excluding hydrogens is 346 g/mol. The van der Waals surface area contributed by atoms with Gasteiger partial charge in [-0.15, -0.1) is 11.3 Å². The third kappa shape index (κ3) is 4.51. The molecule has 0 radical (unpaired) electrons. The molecule has 2 amide bonds. The predicted octanol–water partition coefficient (Wildman–Crippen LogP) is 3.05. The van der Waals surface area contributed by atoms with E-state index in [1.54, 1.807) is 35.6 Å². The van der Waals surface area contributed by atoms with E-state index in [9.17, 15) is 9.59 Å². The number of likely N-dealkylation sites (tertiary alicyclic amines) is 1. The number of thiophene rings is 1. The molecule has 1 unspecified atom stereocenters. The molecular formula is C20H25N3O2S. The first kappa shape index (κ1) is 18.6. The first-order valence-corrected chi connectivity index (χ1v) is 9.88. The van der Waals surface area contributed by atoms with Crippen LogP contribution in [0, 0.1) is 5.92 Å². The summed E-state index contributed by atoms with van der Waals surface area (Å²) in [5.41, 5.74) is 6.18. The van der Waals surface area contributed by atoms with Crippen LogP contribution in [0.4, 0.5) is 0 Å². The smallest absolute Gasteiger partial charge is 0.251 e. The van der Waals surface area contributed by atoms with Gasteiger partial charge in [0.15, 0.2) is 0 Å². The van der Waals surface area contributed by atoms with Crippen molar-refractivity contribution >= 4 is 23.2 Å². The van der Waals surface area contributed by atoms with Crippen LogP contribution in [-0.2, 0) is 0 Å². The number of benzene rings is 1. The Labute approximate surface area is 158 Å². The van der Waals surface area contributed by atoms with Gasteiger partial charge in [0.05, 0.1) is 6.04 Å². The second-order valence-electron chi connectivity index (χ2n) is 6.90. The average molecular weight is 372 g/mol. The number of nitrogens with two attached hydrogens (primary N) is 1. The van der Waals surface area contributed by atoms with Crippen molar-refractivity contribution in [2.45, 2.75) is 25.8 Å². The number of rotatable bonds is 6. The quantitative estimate of drug-likeness (QED) is 0.819. The second-order valence-corrected chi connectivity index (χ2v) is 7.88. The highest BCUT2D eigenvalue weighted by Crippen LogP contribution is 2.29. The van der Waals surface area contributed by atoms with Gasteiger partial charge in [-0.2, -0.15) is 0 Å². The standard InChI is InChI=1S/C20H25N3O2S/c1-14-8-10-23(11-9-14)17(18-3-2-12-26-18)13-22-20(25)16-6-4-15(5-7-16)19(21)24/h2-7,12,14,17H,8-11,13H2,1H3,(H2,21,24)(H,22,25). The summed E-state index contributed by atoms with van der Waals surface area (Å²) in [7, 11) is 0. The molecule has 1 aromatic carbocycles. The van der Waals surface area contributed by atoms with E-state index in [2.05, 4.69) is 34.7 Å². The Hall–Kier alpha value is -2.18. The molecule has 0 saturated carbocycles. The van der Waals surface area contributed by atoms with Crippen LogP contribution in [0.25, 0.3) is 0 Å². The van der Waals surface area contributed by atoms with Gasteiger partial charge < -0.3 is 11.1 Å². The number of hydrogen-bond donors (Lipinski definition) is 2. The van der Waals surface area contributed by atoms with Gasteiger partial charge in [-0.1, -0.05) is 13.0 Å². The largest absolute Gasteiger partial charge is 0.366 e. The molecule has 1 atom stereocenters. The Balaban J connectivity index is 1.65. The van der Waals surface area contributed by atoms with Gasteiger partial charge in [0.2, 0.25) is 5.91 Å². The maximum absolute atomic E-state index is 12.5. The number of nitrogens with zero attached hydrogens (tertiary/aromatic N) is 1. The summed E-state index contributed by atoms with van der Waals surface area (Å²) in [4.78, 5) is 27.4. The van der Waals surface area contributed by atoms with Crippen LogP contribution in [0.15, 0.2) is 41.8 Å². The van der Waals surface area contributed by atoms with E-state index in [1.807, 2.05) is 0 Å². The topological polar surface area (TPSA) is 75.4 Å². The van der Waals surface area contributed by atoms with Crippen LogP contribution in [0.5, 0.6) is 0 Å². The summed E-state index contributed by atoms with van der Waals surface area (Å²) in [6.07, 6.45) is 2.40. The molecule has 6 heteroatoms. The first-order chi connectivity index (χ1) is 12.5. The molecule has 5 nitrogen and oxygen atoms in total. The monoisotopic (exact) mass is 371 g/mol. The van der Waals surface area contributed by atoms with Crippen LogP contribution < -0.4 is 11.1 Å². The second kappa shape index (κ2) is 8.47. The molecule has 26 heavy (non-hydrogen) atoms. The third-order valence-electron chi connectivity index (χ3n) is 5.02. The fourth-order valence-corrected chi connectivity index (χ4v) is 4.17. The number of amides is 2. The minimum absolute atomic E-state index is 0.132. The van der Waals surface area contributed by atoms with Crippen LogP contribution in [0.3, 0.4) is 0 Å². The van der Waals surface area contributed by atoms with Crippen molar-refractivity contribution in [1.29, 1.82) is 0 Å². The molecule has 3 N–H and O–H groups in total. The Kier molecular flexibility index (Phi) is 6.06. The fourth-order valence-electron chi connectivity index (χ4n) is 3.31. The van der Waals surface area contributed by atoms with Gasteiger partial charge in [-0.3, -0.25) is 14.5 Å². The van der Waals surface area contributed by atoms with Gasteiger partial charge >= 0.3 is 0 Å². The molecule has 1 fully saturated rings. The summed E-state index contributed by atoms with van der Waals surface area (Å²) in [6, 6.07) is 10.8. The van der Waals surface area contributed by atoms with Crippen molar-refractivity contribution in [1.82, 2.24) is 10.2 Å². The predicted molar refractivity (Wildman–Crippen MR) is 104 cm³/mol. The lowest BCUT2D eigenvalue weighted by atomic mass is 9.97. The Morgan fingerprint density at radius 3 is 2.42 bits per heavy atom. The maximum atomic E-state index is 12.5. The Bertz CT molecular complexity index is 735. The fraction of sp³-hybridized carbons (Fsp3) is 0.400. The van der Waals surface area contributed by atoms with Crippen LogP contribution in [0.1, 0.15) is 51.4 Å². The molecule has 3 rings (SSSR count). The summed E-state index contributed by atoms with van der Waals surface area (Å²) < 4.78 is 0. The van der Waals surface area contributed by atoms with E-state index >= 15 is 0 Å². The summed E-state index contributed by atoms with van der Waals surface area (Å²) in [5, 5.41) is 5.14. The first-order valence-electron chi connectivity index (χ1n) is 9.00. The van der Waals surface area contributed by atoms with Gasteiger partial charge in [-0.05, 0) is 67.6 Å². The van der Waals surface area contributed by atoms with Crippen molar-refractivity contribution < 1.29 is 9.59 Å². The molecule has 2 aromatic rings. The van der Waals surface area contributed by atoms with E-state index < -0.39 is 5.91 Å². The van der Waals surface area contributed by atoms with E-state index in [0.29, 0.717) is 17.7 Å². The number of piperidine rings is 1. The minimum atomic E-state index is -0.492. The molecule has 1 aliphatic heterocycles. The van der Waals surface area contributed by atoms with Crippen molar-refractivity contribution in [3.63, 3.8) is 0 Å². The molecule has 138 valence electrons. The molecule has 0 bridgehead atoms. The Morgan fingerprint density at radius 1 is 1.19 bits per heavy atom. The van der Waals surface area contributed by atoms with Crippen LogP contribution in [0.2, 0.25) is 0 Å². The number of primary amides is 1. The zero-order valence-corrected chi connectivity index (χ0v) is 15.8. The summed E-state index contributed by atoms with van der Waals surface area (Å²) in [5.74, 6) is 0.149. The van der Waals surface area contributed by atoms with E-state index in [0.717, 1.165) is 19.0 Å². The van der Waals surface area contributed by atoms with Crippen LogP contribution in [-0.4, -0.2) is 36.3 Å². The number of nitrogens with one attached hydrogen (secondary N) is 1. The highest BCUT2D eigenvalue weighted by molar-refractivity contribution is 7.10. The summed E-state index contributed by atoms with van der Waals surface area (Å²) >= 11 is 1.73. The molecule has 1 saturated heterocycles. The lowest BCUT2D eigenvalue weighted by Gasteiger charge is -2.36. The van der Waals surface area contributed by atoms with Crippen molar-refractivity contribution in [3.05, 3.63) is 57.8 Å². The van der Waals surface area contributed by atoms with E-state index in [-0.39, 0.29) is 11.9 Å². The van der Waals surface area contributed by atoms with Gasteiger partial charge in [0.25, 0.3) is 5.91 Å². The lowest BCUT2D eigenvalue weighted by Crippen LogP contribution is -2.41. The van der Waals surface area contributed by atoms with Gasteiger partial charge in [0, 0.05) is 22.5 Å². The van der Waals surface area contributed by atoms with Gasteiger partial charge in [-0.25, -0.2) is 0 Å². The normalized spacial score (nSPS) is 17.0. The van der Waals surface area contributed by atoms with E-state index in [4.69, 9.17) is 5.73 Å². The van der Waals surface area contributed by atoms with Crippen molar-refractivity contribution in [2.24, 2.45) is 11.7 Å². The minimum Gasteiger partial charge on any atom is -0.366 e. The molecule has 2 heterocycles. The highest BCUT2D eigenvalue weighted by Gasteiger charge is 2.25.